The van der Waals surface area contributed by atoms with Gasteiger partial charge in [0, 0.05) is 5.75 Å². The van der Waals surface area contributed by atoms with Gasteiger partial charge in [0.15, 0.2) is 0 Å². The Morgan fingerprint density at radius 2 is 1.32 bits per heavy atom. The summed E-state index contributed by atoms with van der Waals surface area (Å²) in [7, 11) is 0. The number of rotatable bonds is 16. The molecule has 0 aliphatic heterocycles. The molecule has 4 unspecified atom stereocenters. The number of carboxylic acids is 1. The highest BCUT2D eigenvalue weighted by Gasteiger charge is 2.29. The van der Waals surface area contributed by atoms with E-state index in [-0.39, 0.29) is 18.6 Å². The van der Waals surface area contributed by atoms with Crippen LogP contribution in [0.4, 0.5) is 0 Å². The number of nitrogens with two attached hydrogens (primary N) is 2. The third kappa shape index (κ3) is 12.1. The summed E-state index contributed by atoms with van der Waals surface area (Å²) in [5, 5.41) is 16.7. The Labute approximate surface area is 195 Å². The van der Waals surface area contributed by atoms with Crippen molar-refractivity contribution in [2.45, 2.75) is 43.4 Å². The smallest absolute Gasteiger partial charge is 0.326 e. The van der Waals surface area contributed by atoms with Gasteiger partial charge in [-0.1, -0.05) is 0 Å². The van der Waals surface area contributed by atoms with Crippen LogP contribution in [0.2, 0.25) is 0 Å². The largest absolute Gasteiger partial charge is 0.480 e. The summed E-state index contributed by atoms with van der Waals surface area (Å²) in [5.41, 5.74) is 10.6. The highest BCUT2D eigenvalue weighted by molar-refractivity contribution is 7.98. The Morgan fingerprint density at radius 3 is 1.77 bits per heavy atom. The number of aliphatic carboxylic acids is 1. The van der Waals surface area contributed by atoms with Crippen molar-refractivity contribution in [3.63, 3.8) is 0 Å². The minimum atomic E-state index is -1.23. The second-order valence-corrected chi connectivity index (χ2v) is 8.88. The quantitative estimate of drug-likeness (QED) is 0.120. The van der Waals surface area contributed by atoms with Crippen LogP contribution in [-0.4, -0.2) is 88.6 Å². The average Bonchev–Trinajstić information content (AvgIpc) is 2.70. The molecule has 0 saturated heterocycles. The van der Waals surface area contributed by atoms with E-state index in [0.717, 1.165) is 0 Å². The lowest BCUT2D eigenvalue weighted by molar-refractivity contribution is -0.142. The monoisotopic (exact) mass is 497 g/mol. The van der Waals surface area contributed by atoms with Crippen molar-refractivity contribution in [2.24, 2.45) is 11.5 Å². The number of hydrogen-bond donors (Lipinski definition) is 7. The maximum absolute atomic E-state index is 12.6. The molecule has 0 spiro atoms. The highest BCUT2D eigenvalue weighted by Crippen LogP contribution is 2.06. The minimum Gasteiger partial charge on any atom is -0.480 e. The van der Waals surface area contributed by atoms with Gasteiger partial charge in [-0.3, -0.25) is 19.2 Å². The summed E-state index contributed by atoms with van der Waals surface area (Å²) < 4.78 is 0. The summed E-state index contributed by atoms with van der Waals surface area (Å²) >= 11 is 6.94. The minimum absolute atomic E-state index is 0.0940. The fourth-order valence-corrected chi connectivity index (χ4v) is 3.52. The van der Waals surface area contributed by atoms with Crippen LogP contribution < -0.4 is 27.4 Å². The van der Waals surface area contributed by atoms with E-state index in [1.807, 2.05) is 12.5 Å². The van der Waals surface area contributed by atoms with E-state index in [1.54, 1.807) is 0 Å². The van der Waals surface area contributed by atoms with Gasteiger partial charge in [-0.05, 0) is 36.9 Å². The van der Waals surface area contributed by atoms with Gasteiger partial charge in [0.2, 0.25) is 23.6 Å². The van der Waals surface area contributed by atoms with Crippen LogP contribution in [0.1, 0.15) is 19.3 Å². The van der Waals surface area contributed by atoms with Crippen LogP contribution in [0.25, 0.3) is 0 Å². The molecule has 11 nitrogen and oxygen atoms in total. The second-order valence-electron chi connectivity index (χ2n) is 6.54. The van der Waals surface area contributed by atoms with Crippen LogP contribution >= 0.6 is 36.2 Å². The molecule has 4 amide bonds. The number of carbonyl (C=O) groups excluding carboxylic acids is 4. The van der Waals surface area contributed by atoms with Crippen LogP contribution in [-0.2, 0) is 24.0 Å². The molecule has 0 aromatic carbocycles. The number of thiol groups is 1. The molecular weight excluding hydrogens is 466 g/mol. The summed E-state index contributed by atoms with van der Waals surface area (Å²) in [4.78, 5) is 59.6. The number of carboxylic acid groups (broad SMARTS) is 1. The Balaban J connectivity index is 5.18. The zero-order valence-electron chi connectivity index (χ0n) is 17.5. The lowest BCUT2D eigenvalue weighted by Crippen LogP contribution is -2.58. The van der Waals surface area contributed by atoms with Gasteiger partial charge in [-0.15, -0.1) is 0 Å². The third-order valence-electron chi connectivity index (χ3n) is 4.04. The fourth-order valence-electron chi connectivity index (χ4n) is 2.32. The van der Waals surface area contributed by atoms with E-state index < -0.39 is 60.2 Å². The van der Waals surface area contributed by atoms with Crippen LogP contribution in [0, 0.1) is 0 Å². The van der Waals surface area contributed by atoms with Gasteiger partial charge in [0.05, 0.1) is 12.5 Å². The molecule has 0 aliphatic rings. The normalized spacial score (nSPS) is 14.6. The van der Waals surface area contributed by atoms with Crippen molar-refractivity contribution in [2.75, 3.05) is 29.8 Å². The van der Waals surface area contributed by atoms with Crippen molar-refractivity contribution < 1.29 is 29.1 Å². The second kappa shape index (κ2) is 16.1. The molecule has 31 heavy (non-hydrogen) atoms. The Hall–Kier alpha value is -1.64. The van der Waals surface area contributed by atoms with E-state index >= 15 is 0 Å². The standard InChI is InChI=1S/C17H31N5O6S3/c1-30-5-3-10(15(25)21-11(17(27)28)4-6-31-2)20-16(26)12(8-29)22-14(24)9(18)7-13(19)23/h9-12,29H,3-8,18H2,1-2H3,(H2,19,23)(H,20,26)(H,21,25)(H,22,24)(H,27,28). The van der Waals surface area contributed by atoms with Crippen molar-refractivity contribution in [3.8, 4) is 0 Å². The molecular formula is C17H31N5O6S3. The zero-order valence-corrected chi connectivity index (χ0v) is 20.0. The van der Waals surface area contributed by atoms with Gasteiger partial charge in [-0.25, -0.2) is 4.79 Å². The Kier molecular flexibility index (Phi) is 15.2. The number of primary amides is 1. The molecule has 0 heterocycles. The van der Waals surface area contributed by atoms with E-state index in [0.29, 0.717) is 11.5 Å². The van der Waals surface area contributed by atoms with Gasteiger partial charge in [0.25, 0.3) is 0 Å². The fraction of sp³-hybridized carbons (Fsp3) is 0.706. The first-order valence-electron chi connectivity index (χ1n) is 9.33. The first-order valence-corrected chi connectivity index (χ1v) is 12.8. The molecule has 0 rings (SSSR count). The van der Waals surface area contributed by atoms with Crippen molar-refractivity contribution in [1.82, 2.24) is 16.0 Å². The zero-order chi connectivity index (χ0) is 24.0. The molecule has 0 aromatic rings. The number of amides is 4. The molecule has 14 heteroatoms. The lowest BCUT2D eigenvalue weighted by Gasteiger charge is -2.24. The molecule has 0 saturated carbocycles. The molecule has 0 bridgehead atoms. The summed E-state index contributed by atoms with van der Waals surface area (Å²) in [6.45, 7) is 0. The van der Waals surface area contributed by atoms with Gasteiger partial charge >= 0.3 is 5.97 Å². The molecule has 0 aromatic heterocycles. The number of thioether (sulfide) groups is 2. The van der Waals surface area contributed by atoms with E-state index in [1.165, 1.54) is 23.5 Å². The average molecular weight is 498 g/mol. The van der Waals surface area contributed by atoms with E-state index in [9.17, 15) is 29.1 Å². The number of nitrogens with one attached hydrogen (secondary N) is 3. The van der Waals surface area contributed by atoms with Crippen LogP contribution in [0.3, 0.4) is 0 Å². The number of hydrogen-bond acceptors (Lipinski definition) is 9. The van der Waals surface area contributed by atoms with Crippen LogP contribution in [0.5, 0.6) is 0 Å². The first-order chi connectivity index (χ1) is 14.6. The third-order valence-corrected chi connectivity index (χ3v) is 5.70. The topological polar surface area (TPSA) is 194 Å². The summed E-state index contributed by atoms with van der Waals surface area (Å²) in [6, 6.07) is -4.43. The highest BCUT2D eigenvalue weighted by atomic mass is 32.2. The first kappa shape index (κ1) is 29.4. The van der Waals surface area contributed by atoms with E-state index in [4.69, 9.17) is 11.5 Å². The van der Waals surface area contributed by atoms with Crippen molar-refractivity contribution in [3.05, 3.63) is 0 Å². The predicted octanol–water partition coefficient (Wildman–Crippen LogP) is -1.84. The van der Waals surface area contributed by atoms with Crippen LogP contribution in [0.15, 0.2) is 0 Å². The maximum atomic E-state index is 12.6. The van der Waals surface area contributed by atoms with E-state index in [2.05, 4.69) is 28.6 Å². The SMILES string of the molecule is CSCCC(NC(=O)C(CCSC)NC(=O)C(CS)NC(=O)C(N)CC(N)=O)C(=O)O. The molecule has 0 radical (unpaired) electrons. The molecule has 0 fully saturated rings. The predicted molar refractivity (Wildman–Crippen MR) is 125 cm³/mol. The van der Waals surface area contributed by atoms with Gasteiger partial charge in [0.1, 0.15) is 18.1 Å². The van der Waals surface area contributed by atoms with Gasteiger partial charge in [-0.2, -0.15) is 36.2 Å². The van der Waals surface area contributed by atoms with Gasteiger partial charge < -0.3 is 32.5 Å². The Morgan fingerprint density at radius 1 is 0.871 bits per heavy atom. The van der Waals surface area contributed by atoms with Crippen molar-refractivity contribution >= 4 is 65.8 Å². The molecule has 4 atom stereocenters. The molecule has 8 N–H and O–H groups in total. The Bertz CT molecular complexity index is 639. The summed E-state index contributed by atoms with van der Waals surface area (Å²) in [6.07, 6.45) is 3.74. The van der Waals surface area contributed by atoms with Crippen molar-refractivity contribution in [1.29, 1.82) is 0 Å². The summed E-state index contributed by atoms with van der Waals surface area (Å²) in [5.74, 6) is -3.04. The maximum Gasteiger partial charge on any atom is 0.326 e. The lowest BCUT2D eigenvalue weighted by atomic mass is 10.1. The molecule has 178 valence electrons. The molecule has 0 aliphatic carbocycles. The number of carbonyl (C=O) groups is 5.